The Bertz CT molecular complexity index is 183. The van der Waals surface area contributed by atoms with Crippen molar-refractivity contribution in [2.45, 2.75) is 12.8 Å². The van der Waals surface area contributed by atoms with Gasteiger partial charge in [-0.15, -0.1) is 0 Å². The Morgan fingerprint density at radius 2 is 2.50 bits per heavy atom. The van der Waals surface area contributed by atoms with Crippen LogP contribution in [-0.4, -0.2) is 24.6 Å². The first-order chi connectivity index (χ1) is 5.74. The number of hydrogen-bond donors (Lipinski definition) is 0. The molecule has 1 unspecified atom stereocenters. The molecule has 1 aliphatic rings. The zero-order valence-electron chi connectivity index (χ0n) is 7.34. The Morgan fingerprint density at radius 1 is 1.75 bits per heavy atom. The van der Waals surface area contributed by atoms with Gasteiger partial charge >= 0.3 is 5.97 Å². The molecule has 1 rings (SSSR count). The minimum absolute atomic E-state index is 0.170. The van der Waals surface area contributed by atoms with Crippen LogP contribution in [0.5, 0.6) is 0 Å². The Hall–Kier alpha value is -0.440. The second-order valence-electron chi connectivity index (χ2n) is 2.97. The highest BCUT2D eigenvalue weighted by Gasteiger charge is 2.20. The topological polar surface area (TPSA) is 26.3 Å². The van der Waals surface area contributed by atoms with Crippen LogP contribution >= 0.6 is 11.8 Å². The lowest BCUT2D eigenvalue weighted by atomic mass is 9.97. The van der Waals surface area contributed by atoms with Crippen LogP contribution < -0.4 is 0 Å². The van der Waals surface area contributed by atoms with Crippen LogP contribution in [0.15, 0.2) is 12.2 Å². The summed E-state index contributed by atoms with van der Waals surface area (Å²) in [5.74, 6) is 2.69. The molecule has 0 aromatic rings. The predicted octanol–water partition coefficient (Wildman–Crippen LogP) is 1.86. The minimum atomic E-state index is -0.170. The van der Waals surface area contributed by atoms with Gasteiger partial charge in [0.1, 0.15) is 0 Å². The van der Waals surface area contributed by atoms with E-state index in [0.29, 0.717) is 12.3 Å². The van der Waals surface area contributed by atoms with E-state index in [1.54, 1.807) is 0 Å². The number of thioether (sulfide) groups is 1. The third-order valence-electron chi connectivity index (χ3n) is 2.11. The summed E-state index contributed by atoms with van der Waals surface area (Å²) in [4.78, 5) is 10.9. The van der Waals surface area contributed by atoms with Crippen molar-refractivity contribution in [2.75, 3.05) is 18.6 Å². The first kappa shape index (κ1) is 9.65. The maximum absolute atomic E-state index is 10.9. The number of carbonyl (C=O) groups is 1. The molecule has 3 heteroatoms. The van der Waals surface area contributed by atoms with E-state index in [9.17, 15) is 4.79 Å². The minimum Gasteiger partial charge on any atom is -0.469 e. The Labute approximate surface area is 77.4 Å². The highest BCUT2D eigenvalue weighted by Crippen LogP contribution is 2.30. The average molecular weight is 186 g/mol. The van der Waals surface area contributed by atoms with Gasteiger partial charge in [0, 0.05) is 0 Å². The van der Waals surface area contributed by atoms with Crippen LogP contribution in [-0.2, 0) is 9.53 Å². The molecule has 1 saturated heterocycles. The number of rotatable bonds is 3. The fourth-order valence-electron chi connectivity index (χ4n) is 1.26. The molecule has 1 aliphatic heterocycles. The summed E-state index contributed by atoms with van der Waals surface area (Å²) >= 11 is 1.93. The Kier molecular flexibility index (Phi) is 3.66. The SMILES string of the molecule is C=C(CC(=O)OC)C1CCSC1. The first-order valence-electron chi connectivity index (χ1n) is 4.06. The highest BCUT2D eigenvalue weighted by molar-refractivity contribution is 7.99. The molecule has 0 amide bonds. The van der Waals surface area contributed by atoms with E-state index < -0.39 is 0 Å². The lowest BCUT2D eigenvalue weighted by Gasteiger charge is -2.10. The molecule has 68 valence electrons. The van der Waals surface area contributed by atoms with Crippen molar-refractivity contribution in [2.24, 2.45) is 5.92 Å². The molecular formula is C9H14O2S. The summed E-state index contributed by atoms with van der Waals surface area (Å²) in [6.45, 7) is 3.91. The van der Waals surface area contributed by atoms with Crippen LogP contribution in [0, 0.1) is 5.92 Å². The molecule has 1 atom stereocenters. The number of carbonyl (C=O) groups excluding carboxylic acids is 1. The highest BCUT2D eigenvalue weighted by atomic mass is 32.2. The number of hydrogen-bond acceptors (Lipinski definition) is 3. The normalized spacial score (nSPS) is 22.2. The molecule has 0 spiro atoms. The molecule has 2 nitrogen and oxygen atoms in total. The molecule has 0 aliphatic carbocycles. The van der Waals surface area contributed by atoms with Crippen molar-refractivity contribution in [1.29, 1.82) is 0 Å². The van der Waals surface area contributed by atoms with Gasteiger partial charge in [0.15, 0.2) is 0 Å². The van der Waals surface area contributed by atoms with Crippen molar-refractivity contribution in [3.05, 3.63) is 12.2 Å². The van der Waals surface area contributed by atoms with E-state index in [-0.39, 0.29) is 5.97 Å². The van der Waals surface area contributed by atoms with E-state index in [2.05, 4.69) is 11.3 Å². The van der Waals surface area contributed by atoms with Gasteiger partial charge < -0.3 is 4.74 Å². The average Bonchev–Trinajstić information content (AvgIpc) is 2.56. The number of ether oxygens (including phenoxy) is 1. The van der Waals surface area contributed by atoms with Crippen LogP contribution in [0.2, 0.25) is 0 Å². The van der Waals surface area contributed by atoms with Gasteiger partial charge in [-0.1, -0.05) is 12.2 Å². The zero-order chi connectivity index (χ0) is 8.97. The summed E-state index contributed by atoms with van der Waals surface area (Å²) in [7, 11) is 1.42. The molecule has 0 radical (unpaired) electrons. The van der Waals surface area contributed by atoms with E-state index in [1.807, 2.05) is 11.8 Å². The third-order valence-corrected chi connectivity index (χ3v) is 3.27. The Morgan fingerprint density at radius 3 is 3.00 bits per heavy atom. The summed E-state index contributed by atoms with van der Waals surface area (Å²) in [5, 5.41) is 0. The molecule has 1 fully saturated rings. The van der Waals surface area contributed by atoms with E-state index in [1.165, 1.54) is 19.3 Å². The Balaban J connectivity index is 2.32. The van der Waals surface area contributed by atoms with Crippen molar-refractivity contribution in [3.63, 3.8) is 0 Å². The lowest BCUT2D eigenvalue weighted by Crippen LogP contribution is -2.08. The molecule has 0 N–H and O–H groups in total. The van der Waals surface area contributed by atoms with E-state index in [4.69, 9.17) is 0 Å². The van der Waals surface area contributed by atoms with Gasteiger partial charge in [-0.3, -0.25) is 4.79 Å². The lowest BCUT2D eigenvalue weighted by molar-refractivity contribution is -0.139. The number of methoxy groups -OCH3 is 1. The van der Waals surface area contributed by atoms with Crippen molar-refractivity contribution in [1.82, 2.24) is 0 Å². The molecule has 0 aromatic carbocycles. The first-order valence-corrected chi connectivity index (χ1v) is 5.21. The van der Waals surface area contributed by atoms with E-state index in [0.717, 1.165) is 11.3 Å². The molecule has 0 saturated carbocycles. The van der Waals surface area contributed by atoms with Crippen LogP contribution in [0.4, 0.5) is 0 Å². The van der Waals surface area contributed by atoms with Gasteiger partial charge in [-0.05, 0) is 23.8 Å². The fraction of sp³-hybridized carbons (Fsp3) is 0.667. The largest absolute Gasteiger partial charge is 0.469 e. The fourth-order valence-corrected chi connectivity index (χ4v) is 2.56. The smallest absolute Gasteiger partial charge is 0.309 e. The molecule has 1 heterocycles. The monoisotopic (exact) mass is 186 g/mol. The molecule has 0 aromatic heterocycles. The number of esters is 1. The zero-order valence-corrected chi connectivity index (χ0v) is 8.15. The van der Waals surface area contributed by atoms with Crippen LogP contribution in [0.3, 0.4) is 0 Å². The van der Waals surface area contributed by atoms with Gasteiger partial charge in [-0.2, -0.15) is 11.8 Å². The molecule has 0 bridgehead atoms. The summed E-state index contributed by atoms with van der Waals surface area (Å²) in [6, 6.07) is 0. The van der Waals surface area contributed by atoms with E-state index >= 15 is 0 Å². The predicted molar refractivity (Wildman–Crippen MR) is 51.2 cm³/mol. The third kappa shape index (κ3) is 2.55. The van der Waals surface area contributed by atoms with Crippen molar-refractivity contribution < 1.29 is 9.53 Å². The summed E-state index contributed by atoms with van der Waals surface area (Å²) < 4.78 is 4.57. The van der Waals surface area contributed by atoms with Crippen molar-refractivity contribution >= 4 is 17.7 Å². The summed E-state index contributed by atoms with van der Waals surface area (Å²) in [5.41, 5.74) is 1.03. The second kappa shape index (κ2) is 4.55. The van der Waals surface area contributed by atoms with Gasteiger partial charge in [0.2, 0.25) is 0 Å². The maximum atomic E-state index is 10.9. The van der Waals surface area contributed by atoms with Gasteiger partial charge in [-0.25, -0.2) is 0 Å². The van der Waals surface area contributed by atoms with Crippen LogP contribution in [0.25, 0.3) is 0 Å². The van der Waals surface area contributed by atoms with Crippen molar-refractivity contribution in [3.8, 4) is 0 Å². The summed E-state index contributed by atoms with van der Waals surface area (Å²) in [6.07, 6.45) is 1.56. The maximum Gasteiger partial charge on any atom is 0.309 e. The van der Waals surface area contributed by atoms with Gasteiger partial charge in [0.25, 0.3) is 0 Å². The molecular weight excluding hydrogens is 172 g/mol. The molecule has 12 heavy (non-hydrogen) atoms. The van der Waals surface area contributed by atoms with Gasteiger partial charge in [0.05, 0.1) is 13.5 Å². The van der Waals surface area contributed by atoms with Crippen LogP contribution in [0.1, 0.15) is 12.8 Å². The quantitative estimate of drug-likeness (QED) is 0.497. The second-order valence-corrected chi connectivity index (χ2v) is 4.12. The standard InChI is InChI=1S/C9H14O2S/c1-7(5-9(10)11-2)8-3-4-12-6-8/h8H,1,3-6H2,2H3.